The van der Waals surface area contributed by atoms with E-state index in [9.17, 15) is 14.4 Å². The summed E-state index contributed by atoms with van der Waals surface area (Å²) in [7, 11) is 0. The van der Waals surface area contributed by atoms with Gasteiger partial charge in [-0.15, -0.1) is 0 Å². The molecule has 0 saturated heterocycles. The molecule has 3 aromatic rings. The first kappa shape index (κ1) is 25.2. The number of nitrogens with one attached hydrogen (secondary N) is 1. The Morgan fingerprint density at radius 1 is 1.11 bits per heavy atom. The summed E-state index contributed by atoms with van der Waals surface area (Å²) in [4.78, 5) is 40.0. The molecule has 1 N–H and O–H groups in total. The van der Waals surface area contributed by atoms with Crippen molar-refractivity contribution < 1.29 is 23.9 Å². The Hall–Kier alpha value is -3.85. The number of anilines is 2. The van der Waals surface area contributed by atoms with E-state index in [4.69, 9.17) is 21.1 Å². The van der Waals surface area contributed by atoms with Crippen LogP contribution in [0.25, 0.3) is 5.69 Å². The molecule has 1 aromatic heterocycles. The Labute approximate surface area is 213 Å². The predicted molar refractivity (Wildman–Crippen MR) is 136 cm³/mol. The lowest BCUT2D eigenvalue weighted by Gasteiger charge is -2.28. The van der Waals surface area contributed by atoms with Gasteiger partial charge >= 0.3 is 12.1 Å². The van der Waals surface area contributed by atoms with Crippen molar-refractivity contribution in [2.24, 2.45) is 0 Å². The molecule has 2 heterocycles. The van der Waals surface area contributed by atoms with Crippen LogP contribution in [0.15, 0.2) is 48.5 Å². The van der Waals surface area contributed by atoms with Crippen molar-refractivity contribution in [2.75, 3.05) is 23.4 Å². The number of rotatable bonds is 5. The molecule has 0 radical (unpaired) electrons. The van der Waals surface area contributed by atoms with Crippen LogP contribution in [0.5, 0.6) is 0 Å². The number of carbonyl (C=O) groups is 3. The van der Waals surface area contributed by atoms with E-state index in [0.29, 0.717) is 40.6 Å². The van der Waals surface area contributed by atoms with Crippen molar-refractivity contribution in [1.29, 1.82) is 0 Å². The molecule has 1 aliphatic rings. The van der Waals surface area contributed by atoms with Crippen LogP contribution >= 0.6 is 11.6 Å². The van der Waals surface area contributed by atoms with Crippen LogP contribution in [0.4, 0.5) is 16.2 Å². The molecule has 1 aliphatic heterocycles. The number of carbonyl (C=O) groups excluding carboxylic acids is 3. The minimum atomic E-state index is -0.615. The number of amides is 2. The van der Waals surface area contributed by atoms with Crippen LogP contribution in [0, 0.1) is 0 Å². The summed E-state index contributed by atoms with van der Waals surface area (Å²) in [5.74, 6) is -0.888. The number of nitrogens with zero attached hydrogens (tertiary/aromatic N) is 3. The lowest BCUT2D eigenvalue weighted by Crippen LogP contribution is -2.39. The second-order valence-electron chi connectivity index (χ2n) is 9.17. The maximum atomic E-state index is 13.7. The van der Waals surface area contributed by atoms with Crippen molar-refractivity contribution in [3.05, 3.63) is 70.5 Å². The van der Waals surface area contributed by atoms with Gasteiger partial charge < -0.3 is 14.4 Å². The summed E-state index contributed by atoms with van der Waals surface area (Å²) in [6.07, 6.45) is -0.154. The third-order valence-electron chi connectivity index (χ3n) is 5.36. The van der Waals surface area contributed by atoms with Crippen molar-refractivity contribution in [1.82, 2.24) is 9.78 Å². The molecule has 0 atom stereocenters. The highest BCUT2D eigenvalue weighted by Crippen LogP contribution is 2.30. The highest BCUT2D eigenvalue weighted by atomic mass is 35.5. The molecule has 2 amide bonds. The van der Waals surface area contributed by atoms with Crippen LogP contribution < -0.4 is 10.2 Å². The molecule has 4 rings (SSSR count). The van der Waals surface area contributed by atoms with E-state index in [0.717, 1.165) is 0 Å². The maximum absolute atomic E-state index is 13.7. The highest BCUT2D eigenvalue weighted by Gasteiger charge is 2.35. The fourth-order valence-electron chi connectivity index (χ4n) is 3.91. The summed E-state index contributed by atoms with van der Waals surface area (Å²) in [6.45, 7) is 7.61. The third-order valence-corrected chi connectivity index (χ3v) is 5.60. The maximum Gasteiger partial charge on any atom is 0.412 e. The van der Waals surface area contributed by atoms with Gasteiger partial charge in [0.05, 0.1) is 12.3 Å². The molecule has 0 spiro atoms. The number of fused-ring (bicyclic) bond motifs is 1. The second-order valence-corrected chi connectivity index (χ2v) is 9.60. The first-order valence-electron chi connectivity index (χ1n) is 11.5. The third kappa shape index (κ3) is 5.36. The first-order chi connectivity index (χ1) is 17.1. The number of aromatic nitrogens is 2. The van der Waals surface area contributed by atoms with Gasteiger partial charge in [0.2, 0.25) is 0 Å². The Kier molecular flexibility index (Phi) is 7.03. The van der Waals surface area contributed by atoms with Crippen molar-refractivity contribution >= 4 is 40.9 Å². The number of esters is 1. The fraction of sp³-hybridized carbons (Fsp3) is 0.308. The van der Waals surface area contributed by atoms with Crippen LogP contribution in [0.2, 0.25) is 5.02 Å². The van der Waals surface area contributed by atoms with Crippen molar-refractivity contribution in [2.45, 2.75) is 39.7 Å². The lowest BCUT2D eigenvalue weighted by molar-refractivity contribution is 0.0516. The van der Waals surface area contributed by atoms with Gasteiger partial charge in [0, 0.05) is 28.5 Å². The van der Waals surface area contributed by atoms with E-state index >= 15 is 0 Å². The molecule has 2 aromatic carbocycles. The van der Waals surface area contributed by atoms with E-state index in [1.165, 1.54) is 4.68 Å². The number of hydrogen-bond donors (Lipinski definition) is 1. The average molecular weight is 511 g/mol. The van der Waals surface area contributed by atoms with Crippen molar-refractivity contribution in [3.8, 4) is 5.69 Å². The summed E-state index contributed by atoms with van der Waals surface area (Å²) in [6, 6.07) is 13.8. The van der Waals surface area contributed by atoms with Crippen molar-refractivity contribution in [3.63, 3.8) is 0 Å². The quantitative estimate of drug-likeness (QED) is 0.470. The molecule has 0 aliphatic carbocycles. The molecule has 188 valence electrons. The van der Waals surface area contributed by atoms with E-state index in [-0.39, 0.29) is 23.9 Å². The topological polar surface area (TPSA) is 103 Å². The van der Waals surface area contributed by atoms with Crippen LogP contribution in [0.3, 0.4) is 0 Å². The van der Waals surface area contributed by atoms with Crippen LogP contribution in [0.1, 0.15) is 54.2 Å². The predicted octanol–water partition coefficient (Wildman–Crippen LogP) is 5.25. The van der Waals surface area contributed by atoms with Gasteiger partial charge in [-0.3, -0.25) is 10.1 Å². The largest absolute Gasteiger partial charge is 0.461 e. The zero-order valence-electron chi connectivity index (χ0n) is 20.5. The van der Waals surface area contributed by atoms with Gasteiger partial charge in [-0.2, -0.15) is 5.10 Å². The normalized spacial score (nSPS) is 13.2. The average Bonchev–Trinajstić information content (AvgIpc) is 3.20. The fourth-order valence-corrected chi connectivity index (χ4v) is 4.10. The standard InChI is InChI=1S/C26H27ClN4O5/c1-5-35-24(33)21-20-13-14-30(18-11-9-17(10-12-18)28-25(34)36-26(2,3)4)23(32)22(20)31(29-21)19-8-6-7-16(27)15-19/h6-12,15H,5,13-14H2,1-4H3,(H,28,34). The Morgan fingerprint density at radius 2 is 1.83 bits per heavy atom. The zero-order chi connectivity index (χ0) is 26.0. The molecule has 0 fully saturated rings. The SMILES string of the molecule is CCOC(=O)c1nn(-c2cccc(Cl)c2)c2c1CCN(c1ccc(NC(=O)OC(C)(C)C)cc1)C2=O. The number of hydrogen-bond acceptors (Lipinski definition) is 6. The van der Waals surface area contributed by atoms with Gasteiger partial charge in [-0.1, -0.05) is 17.7 Å². The molecular weight excluding hydrogens is 484 g/mol. The molecule has 0 saturated carbocycles. The molecule has 10 heteroatoms. The number of ether oxygens (including phenoxy) is 2. The molecular formula is C26H27ClN4O5. The minimum Gasteiger partial charge on any atom is -0.461 e. The lowest BCUT2D eigenvalue weighted by atomic mass is 10.0. The van der Waals surface area contributed by atoms with Crippen LogP contribution in [-0.2, 0) is 15.9 Å². The summed E-state index contributed by atoms with van der Waals surface area (Å²) in [5.41, 5.74) is 2.05. The van der Waals surface area contributed by atoms with Gasteiger partial charge in [-0.05, 0) is 76.6 Å². The Morgan fingerprint density at radius 3 is 2.47 bits per heavy atom. The van der Waals surface area contributed by atoms with E-state index in [1.54, 1.807) is 81.1 Å². The zero-order valence-corrected chi connectivity index (χ0v) is 21.3. The van der Waals surface area contributed by atoms with Gasteiger partial charge in [0.15, 0.2) is 5.69 Å². The molecule has 36 heavy (non-hydrogen) atoms. The van der Waals surface area contributed by atoms with E-state index < -0.39 is 17.7 Å². The Balaban J connectivity index is 1.65. The molecule has 9 nitrogen and oxygen atoms in total. The monoisotopic (exact) mass is 510 g/mol. The second kappa shape index (κ2) is 10.0. The van der Waals surface area contributed by atoms with Gasteiger partial charge in [0.25, 0.3) is 5.91 Å². The molecule has 0 unspecified atom stereocenters. The highest BCUT2D eigenvalue weighted by molar-refractivity contribution is 6.30. The summed E-state index contributed by atoms with van der Waals surface area (Å²) < 4.78 is 11.9. The summed E-state index contributed by atoms with van der Waals surface area (Å²) in [5, 5.41) is 7.60. The minimum absolute atomic E-state index is 0.122. The van der Waals surface area contributed by atoms with E-state index in [2.05, 4.69) is 10.4 Å². The molecule has 0 bridgehead atoms. The smallest absolute Gasteiger partial charge is 0.412 e. The van der Waals surface area contributed by atoms with Crippen LogP contribution in [-0.4, -0.2) is 46.5 Å². The summed E-state index contributed by atoms with van der Waals surface area (Å²) >= 11 is 6.18. The number of benzene rings is 2. The van der Waals surface area contributed by atoms with Gasteiger partial charge in [0.1, 0.15) is 11.3 Å². The van der Waals surface area contributed by atoms with Gasteiger partial charge in [-0.25, -0.2) is 14.3 Å². The first-order valence-corrected chi connectivity index (χ1v) is 11.9. The Bertz CT molecular complexity index is 1310. The van der Waals surface area contributed by atoms with E-state index in [1.807, 2.05) is 0 Å². The number of halogens is 1.